The van der Waals surface area contributed by atoms with Crippen LogP contribution in [0.25, 0.3) is 6.08 Å². The fourth-order valence-electron chi connectivity index (χ4n) is 2.02. The van der Waals surface area contributed by atoms with Crippen molar-refractivity contribution in [3.8, 4) is 0 Å². The van der Waals surface area contributed by atoms with Gasteiger partial charge < -0.3 is 9.73 Å². The van der Waals surface area contributed by atoms with Gasteiger partial charge in [-0.2, -0.15) is 0 Å². The summed E-state index contributed by atoms with van der Waals surface area (Å²) in [5, 5.41) is 2.99. The van der Waals surface area contributed by atoms with Crippen LogP contribution in [0.3, 0.4) is 0 Å². The van der Waals surface area contributed by atoms with Gasteiger partial charge in [0.15, 0.2) is 0 Å². The molecule has 1 N–H and O–H groups in total. The third kappa shape index (κ3) is 2.99. The molecule has 0 atom stereocenters. The van der Waals surface area contributed by atoms with Crippen LogP contribution < -0.4 is 5.32 Å². The van der Waals surface area contributed by atoms with Crippen molar-refractivity contribution in [2.75, 3.05) is 0 Å². The molecule has 1 amide bonds. The first-order valence-electron chi connectivity index (χ1n) is 5.79. The molecule has 1 fully saturated rings. The third-order valence-corrected chi connectivity index (χ3v) is 2.86. The summed E-state index contributed by atoms with van der Waals surface area (Å²) in [6.45, 7) is 1.88. The lowest BCUT2D eigenvalue weighted by molar-refractivity contribution is -0.117. The molecular formula is C13H17NO2. The van der Waals surface area contributed by atoms with Gasteiger partial charge in [-0.25, -0.2) is 0 Å². The van der Waals surface area contributed by atoms with E-state index in [0.717, 1.165) is 24.4 Å². The number of furan rings is 1. The Morgan fingerprint density at radius 3 is 2.81 bits per heavy atom. The summed E-state index contributed by atoms with van der Waals surface area (Å²) in [5.74, 6) is 1.55. The van der Waals surface area contributed by atoms with Crippen LogP contribution in [-0.4, -0.2) is 11.9 Å². The van der Waals surface area contributed by atoms with Crippen LogP contribution >= 0.6 is 0 Å². The predicted molar refractivity (Wildman–Crippen MR) is 62.9 cm³/mol. The quantitative estimate of drug-likeness (QED) is 0.794. The van der Waals surface area contributed by atoms with Crippen LogP contribution in [0.1, 0.15) is 37.2 Å². The summed E-state index contributed by atoms with van der Waals surface area (Å²) in [4.78, 5) is 11.5. The summed E-state index contributed by atoms with van der Waals surface area (Å²) < 4.78 is 5.34. The topological polar surface area (TPSA) is 42.2 Å². The zero-order valence-corrected chi connectivity index (χ0v) is 9.53. The van der Waals surface area contributed by atoms with E-state index in [4.69, 9.17) is 4.42 Å². The molecule has 0 aliphatic heterocycles. The van der Waals surface area contributed by atoms with E-state index in [-0.39, 0.29) is 5.91 Å². The summed E-state index contributed by atoms with van der Waals surface area (Å²) >= 11 is 0. The van der Waals surface area contributed by atoms with Crippen LogP contribution in [-0.2, 0) is 4.79 Å². The minimum atomic E-state index is -0.0269. The summed E-state index contributed by atoms with van der Waals surface area (Å²) in [7, 11) is 0. The Bertz CT molecular complexity index is 386. The van der Waals surface area contributed by atoms with Crippen LogP contribution in [0, 0.1) is 6.92 Å². The zero-order chi connectivity index (χ0) is 11.4. The average molecular weight is 219 g/mol. The van der Waals surface area contributed by atoms with E-state index in [9.17, 15) is 4.79 Å². The van der Waals surface area contributed by atoms with Gasteiger partial charge in [0.2, 0.25) is 5.91 Å². The second kappa shape index (κ2) is 5.01. The Morgan fingerprint density at radius 2 is 2.19 bits per heavy atom. The number of hydrogen-bond acceptors (Lipinski definition) is 2. The highest BCUT2D eigenvalue weighted by Gasteiger charge is 2.15. The minimum absolute atomic E-state index is 0.0269. The Kier molecular flexibility index (Phi) is 3.44. The number of amides is 1. The smallest absolute Gasteiger partial charge is 0.244 e. The molecule has 1 aromatic heterocycles. The lowest BCUT2D eigenvalue weighted by Crippen LogP contribution is -2.30. The molecule has 0 unspecified atom stereocenters. The maximum Gasteiger partial charge on any atom is 0.244 e. The normalized spacial score (nSPS) is 17.1. The van der Waals surface area contributed by atoms with Gasteiger partial charge in [0.1, 0.15) is 11.5 Å². The van der Waals surface area contributed by atoms with Crippen molar-refractivity contribution in [2.24, 2.45) is 0 Å². The molecule has 16 heavy (non-hydrogen) atoms. The van der Waals surface area contributed by atoms with E-state index in [1.807, 2.05) is 19.1 Å². The molecule has 1 heterocycles. The van der Waals surface area contributed by atoms with Crippen molar-refractivity contribution in [1.82, 2.24) is 5.32 Å². The first-order valence-corrected chi connectivity index (χ1v) is 5.79. The van der Waals surface area contributed by atoms with E-state index in [0.29, 0.717) is 6.04 Å². The largest absolute Gasteiger partial charge is 0.462 e. The van der Waals surface area contributed by atoms with E-state index >= 15 is 0 Å². The van der Waals surface area contributed by atoms with Crippen molar-refractivity contribution < 1.29 is 9.21 Å². The number of carbonyl (C=O) groups is 1. The molecule has 0 saturated heterocycles. The Balaban J connectivity index is 1.84. The molecule has 0 spiro atoms. The van der Waals surface area contributed by atoms with Crippen LogP contribution in [0.4, 0.5) is 0 Å². The van der Waals surface area contributed by atoms with Gasteiger partial charge in [0.25, 0.3) is 0 Å². The molecule has 1 saturated carbocycles. The maximum absolute atomic E-state index is 11.5. The van der Waals surface area contributed by atoms with Gasteiger partial charge in [0.05, 0.1) is 0 Å². The van der Waals surface area contributed by atoms with Crippen molar-refractivity contribution in [3.63, 3.8) is 0 Å². The molecule has 3 nitrogen and oxygen atoms in total. The maximum atomic E-state index is 11.5. The zero-order valence-electron chi connectivity index (χ0n) is 9.53. The van der Waals surface area contributed by atoms with Crippen LogP contribution in [0.15, 0.2) is 22.6 Å². The van der Waals surface area contributed by atoms with Gasteiger partial charge in [-0.15, -0.1) is 0 Å². The highest BCUT2D eigenvalue weighted by molar-refractivity contribution is 5.91. The van der Waals surface area contributed by atoms with Crippen molar-refractivity contribution >= 4 is 12.0 Å². The molecule has 3 heteroatoms. The monoisotopic (exact) mass is 219 g/mol. The van der Waals surface area contributed by atoms with Crippen molar-refractivity contribution in [2.45, 2.75) is 38.6 Å². The highest BCUT2D eigenvalue weighted by atomic mass is 16.3. The number of carbonyl (C=O) groups excluding carboxylic acids is 1. The molecular weight excluding hydrogens is 202 g/mol. The van der Waals surface area contributed by atoms with Crippen LogP contribution in [0.5, 0.6) is 0 Å². The number of rotatable bonds is 3. The fraction of sp³-hybridized carbons (Fsp3) is 0.462. The Labute approximate surface area is 95.5 Å². The molecule has 1 aliphatic rings. The lowest BCUT2D eigenvalue weighted by Gasteiger charge is -2.08. The number of aryl methyl sites for hydroxylation is 1. The highest BCUT2D eigenvalue weighted by Crippen LogP contribution is 2.17. The first kappa shape index (κ1) is 11.0. The van der Waals surface area contributed by atoms with Gasteiger partial charge in [-0.3, -0.25) is 4.79 Å². The average Bonchev–Trinajstić information content (AvgIpc) is 2.87. The Hall–Kier alpha value is -1.51. The van der Waals surface area contributed by atoms with Crippen molar-refractivity contribution in [3.05, 3.63) is 29.7 Å². The fourth-order valence-corrected chi connectivity index (χ4v) is 2.02. The minimum Gasteiger partial charge on any atom is -0.462 e. The van der Waals surface area contributed by atoms with Crippen LogP contribution in [0.2, 0.25) is 0 Å². The molecule has 86 valence electrons. The molecule has 0 aromatic carbocycles. The number of hydrogen-bond donors (Lipinski definition) is 1. The summed E-state index contributed by atoms with van der Waals surface area (Å²) in [5.41, 5.74) is 0. The lowest BCUT2D eigenvalue weighted by atomic mass is 10.2. The summed E-state index contributed by atoms with van der Waals surface area (Å²) in [6, 6.07) is 4.11. The molecule has 0 bridgehead atoms. The molecule has 1 aromatic rings. The standard InChI is InChI=1S/C13H17NO2/c1-10-6-7-12(16-10)8-9-13(15)14-11-4-2-3-5-11/h6-9,11H,2-5H2,1H3,(H,14,15). The second-order valence-corrected chi connectivity index (χ2v) is 4.27. The van der Waals surface area contributed by atoms with Gasteiger partial charge in [0, 0.05) is 12.1 Å². The van der Waals surface area contributed by atoms with E-state index in [1.165, 1.54) is 18.9 Å². The van der Waals surface area contributed by atoms with Gasteiger partial charge in [-0.1, -0.05) is 12.8 Å². The van der Waals surface area contributed by atoms with E-state index in [1.54, 1.807) is 6.08 Å². The third-order valence-electron chi connectivity index (χ3n) is 2.86. The Morgan fingerprint density at radius 1 is 1.44 bits per heavy atom. The molecule has 2 rings (SSSR count). The summed E-state index contributed by atoms with van der Waals surface area (Å²) in [6.07, 6.45) is 7.92. The predicted octanol–water partition coefficient (Wildman–Crippen LogP) is 2.66. The van der Waals surface area contributed by atoms with Crippen molar-refractivity contribution in [1.29, 1.82) is 0 Å². The van der Waals surface area contributed by atoms with Gasteiger partial charge >= 0.3 is 0 Å². The van der Waals surface area contributed by atoms with E-state index in [2.05, 4.69) is 5.32 Å². The molecule has 1 aliphatic carbocycles. The number of nitrogens with one attached hydrogen (secondary N) is 1. The van der Waals surface area contributed by atoms with E-state index < -0.39 is 0 Å². The molecule has 0 radical (unpaired) electrons. The first-order chi connectivity index (χ1) is 7.74. The second-order valence-electron chi connectivity index (χ2n) is 4.27. The SMILES string of the molecule is Cc1ccc(C=CC(=O)NC2CCCC2)o1. The van der Waals surface area contributed by atoms with Gasteiger partial charge in [-0.05, 0) is 38.0 Å².